The van der Waals surface area contributed by atoms with E-state index >= 15 is 0 Å². The van der Waals surface area contributed by atoms with Gasteiger partial charge in [-0.3, -0.25) is 9.36 Å². The van der Waals surface area contributed by atoms with Gasteiger partial charge >= 0.3 is 8.60 Å². The normalized spacial score (nSPS) is 14.6. The molecule has 0 saturated carbocycles. The fraction of sp³-hybridized carbons (Fsp3) is 0.226. The summed E-state index contributed by atoms with van der Waals surface area (Å²) in [5, 5.41) is 0.953. The summed E-state index contributed by atoms with van der Waals surface area (Å²) in [7, 11) is -2.59. The van der Waals surface area contributed by atoms with Crippen LogP contribution in [0.15, 0.2) is 77.4 Å². The molecule has 7 nitrogen and oxygen atoms in total. The van der Waals surface area contributed by atoms with E-state index in [1.54, 1.807) is 16.7 Å². The van der Waals surface area contributed by atoms with Crippen molar-refractivity contribution in [3.05, 3.63) is 106 Å². The van der Waals surface area contributed by atoms with E-state index in [4.69, 9.17) is 9.52 Å². The molecule has 2 aromatic heterocycles. The predicted octanol–water partition coefficient (Wildman–Crippen LogP) is 6.89. The first-order chi connectivity index (χ1) is 18.5. The molecule has 0 bridgehead atoms. The summed E-state index contributed by atoms with van der Waals surface area (Å²) in [4.78, 5) is 41.4. The molecule has 2 aromatic carbocycles. The number of aromatic amines is 1. The van der Waals surface area contributed by atoms with Crippen molar-refractivity contribution < 1.29 is 19.1 Å². The number of nitrogens with zero attached hydrogens (tertiary/aromatic N) is 2. The highest BCUT2D eigenvalue weighted by Gasteiger charge is 2.32. The monoisotopic (exact) mass is 541 g/mol. The van der Waals surface area contributed by atoms with Crippen LogP contribution in [0, 0.1) is 20.8 Å². The first-order valence-electron chi connectivity index (χ1n) is 12.8. The summed E-state index contributed by atoms with van der Waals surface area (Å²) in [6.07, 6.45) is 6.08. The zero-order valence-electron chi connectivity index (χ0n) is 22.7. The van der Waals surface area contributed by atoms with Gasteiger partial charge in [0.1, 0.15) is 5.75 Å². The minimum Gasteiger partial charge on any atom is -0.427 e. The number of aromatic nitrogens is 2. The van der Waals surface area contributed by atoms with Crippen molar-refractivity contribution in [2.45, 2.75) is 46.5 Å². The minimum absolute atomic E-state index is 0.0926. The van der Waals surface area contributed by atoms with Crippen molar-refractivity contribution in [2.75, 3.05) is 0 Å². The third-order valence-electron chi connectivity index (χ3n) is 7.05. The average molecular weight is 542 g/mol. The van der Waals surface area contributed by atoms with Gasteiger partial charge < -0.3 is 19.3 Å². The molecule has 0 fully saturated rings. The number of H-pyrrole nitrogens is 1. The lowest BCUT2D eigenvalue weighted by atomic mass is 9.78. The molecule has 0 spiro atoms. The standard InChI is InChI=1S/C31H32N3O4P/c1-19-9-8-12-28(38-39(36)37)30(19)31(4,5)18-29(35)34-26-11-7-6-10-22(26)16-27(34)24-14-13-23(33-24)17-25-20(2)15-21(3)32-25/h6-17,32,36-37H,18H2,1-5H3/b23-17+. The Morgan fingerprint density at radius 3 is 2.54 bits per heavy atom. The van der Waals surface area contributed by atoms with Crippen LogP contribution in [0.2, 0.25) is 0 Å². The first kappa shape index (κ1) is 26.8. The highest BCUT2D eigenvalue weighted by atomic mass is 31.2. The van der Waals surface area contributed by atoms with Gasteiger partial charge in [0.15, 0.2) is 0 Å². The molecule has 0 aliphatic carbocycles. The van der Waals surface area contributed by atoms with E-state index in [1.165, 1.54) is 0 Å². The van der Waals surface area contributed by atoms with Crippen LogP contribution in [0.4, 0.5) is 0 Å². The van der Waals surface area contributed by atoms with E-state index in [9.17, 15) is 14.6 Å². The highest BCUT2D eigenvalue weighted by Crippen LogP contribution is 2.41. The van der Waals surface area contributed by atoms with Gasteiger partial charge in [0, 0.05) is 34.2 Å². The Bertz CT molecular complexity index is 1670. The number of nitrogens with one attached hydrogen (secondary N) is 1. The summed E-state index contributed by atoms with van der Waals surface area (Å²) in [6.45, 7) is 9.96. The summed E-state index contributed by atoms with van der Waals surface area (Å²) < 4.78 is 7.10. The van der Waals surface area contributed by atoms with Gasteiger partial charge in [-0.25, -0.2) is 4.99 Å². The molecular formula is C31H32N3O4P. The second-order valence-electron chi connectivity index (χ2n) is 10.6. The Hall–Kier alpha value is -3.77. The molecule has 0 unspecified atom stereocenters. The molecule has 1 aliphatic rings. The molecule has 3 heterocycles. The number of fused-ring (bicyclic) bond motifs is 1. The number of carbonyl (C=O) groups excluding carboxylic acids is 1. The third kappa shape index (κ3) is 5.39. The highest BCUT2D eigenvalue weighted by molar-refractivity contribution is 7.39. The van der Waals surface area contributed by atoms with Crippen molar-refractivity contribution in [2.24, 2.45) is 4.99 Å². The molecule has 39 heavy (non-hydrogen) atoms. The molecule has 4 aromatic rings. The van der Waals surface area contributed by atoms with Crippen LogP contribution >= 0.6 is 8.60 Å². The number of para-hydroxylation sites is 1. The van der Waals surface area contributed by atoms with Crippen LogP contribution in [0.1, 0.15) is 58.8 Å². The Balaban J connectivity index is 1.54. The van der Waals surface area contributed by atoms with E-state index in [1.807, 2.05) is 82.3 Å². The molecular weight excluding hydrogens is 509 g/mol. The van der Waals surface area contributed by atoms with E-state index in [2.05, 4.69) is 18.0 Å². The zero-order chi connectivity index (χ0) is 27.9. The van der Waals surface area contributed by atoms with Crippen LogP contribution in [0.5, 0.6) is 5.75 Å². The van der Waals surface area contributed by atoms with E-state index in [-0.39, 0.29) is 12.3 Å². The summed E-state index contributed by atoms with van der Waals surface area (Å²) >= 11 is 0. The lowest BCUT2D eigenvalue weighted by molar-refractivity contribution is 0.0881. The Labute approximate surface area is 229 Å². The molecule has 1 aliphatic heterocycles. The van der Waals surface area contributed by atoms with E-state index < -0.39 is 14.0 Å². The Morgan fingerprint density at radius 2 is 1.82 bits per heavy atom. The smallest absolute Gasteiger partial charge is 0.391 e. The summed E-state index contributed by atoms with van der Waals surface area (Å²) in [6, 6.07) is 17.3. The fourth-order valence-corrected chi connectivity index (χ4v) is 5.81. The summed E-state index contributed by atoms with van der Waals surface area (Å²) in [5.74, 6) is 0.277. The van der Waals surface area contributed by atoms with Crippen molar-refractivity contribution >= 4 is 37.2 Å². The van der Waals surface area contributed by atoms with Crippen molar-refractivity contribution in [1.82, 2.24) is 9.55 Å². The number of benzene rings is 2. The minimum atomic E-state index is -2.59. The third-order valence-corrected chi connectivity index (χ3v) is 7.41. The zero-order valence-corrected chi connectivity index (χ0v) is 23.6. The number of hydrogen-bond acceptors (Lipinski definition) is 5. The molecule has 0 radical (unpaired) electrons. The van der Waals surface area contributed by atoms with Gasteiger partial charge in [0.2, 0.25) is 5.91 Å². The van der Waals surface area contributed by atoms with Crippen LogP contribution < -0.4 is 4.52 Å². The van der Waals surface area contributed by atoms with Gasteiger partial charge in [0.05, 0.1) is 22.6 Å². The van der Waals surface area contributed by atoms with Gasteiger partial charge in [-0.2, -0.15) is 0 Å². The number of aryl methyl sites for hydroxylation is 3. The molecule has 8 heteroatoms. The maximum Gasteiger partial charge on any atom is 0.391 e. The number of rotatable bonds is 7. The fourth-order valence-electron chi connectivity index (χ4n) is 5.48. The van der Waals surface area contributed by atoms with Crippen LogP contribution in [-0.2, 0) is 5.41 Å². The average Bonchev–Trinajstić information content (AvgIpc) is 3.55. The second-order valence-corrected chi connectivity index (χ2v) is 11.3. The van der Waals surface area contributed by atoms with Gasteiger partial charge in [-0.05, 0) is 74.4 Å². The Kier molecular flexibility index (Phi) is 7.17. The van der Waals surface area contributed by atoms with Crippen molar-refractivity contribution in [3.63, 3.8) is 0 Å². The van der Waals surface area contributed by atoms with E-state index in [0.29, 0.717) is 5.75 Å². The van der Waals surface area contributed by atoms with Gasteiger partial charge in [-0.1, -0.05) is 44.2 Å². The topological polar surface area (TPSA) is 99.8 Å². The van der Waals surface area contributed by atoms with Crippen LogP contribution in [0.25, 0.3) is 17.0 Å². The van der Waals surface area contributed by atoms with Crippen LogP contribution in [0.3, 0.4) is 0 Å². The lowest BCUT2D eigenvalue weighted by Crippen LogP contribution is -2.28. The predicted molar refractivity (Wildman–Crippen MR) is 157 cm³/mol. The Morgan fingerprint density at radius 1 is 1.05 bits per heavy atom. The number of allylic oxidation sites excluding steroid dienone is 2. The largest absolute Gasteiger partial charge is 0.427 e. The van der Waals surface area contributed by atoms with Crippen LogP contribution in [-0.4, -0.2) is 31.0 Å². The maximum atomic E-state index is 14.1. The summed E-state index contributed by atoms with van der Waals surface area (Å²) in [5.41, 5.74) is 7.35. The lowest BCUT2D eigenvalue weighted by Gasteiger charge is -2.29. The number of hydrogen-bond donors (Lipinski definition) is 3. The number of aliphatic imine (C=N–C) groups is 1. The maximum absolute atomic E-state index is 14.1. The second kappa shape index (κ2) is 10.4. The molecule has 0 amide bonds. The quantitative estimate of drug-likeness (QED) is 0.222. The van der Waals surface area contributed by atoms with Crippen molar-refractivity contribution in [3.8, 4) is 5.75 Å². The first-order valence-corrected chi connectivity index (χ1v) is 13.9. The van der Waals surface area contributed by atoms with Gasteiger partial charge in [0.25, 0.3) is 0 Å². The molecule has 3 N–H and O–H groups in total. The van der Waals surface area contributed by atoms with Crippen molar-refractivity contribution in [1.29, 1.82) is 0 Å². The molecule has 200 valence electrons. The van der Waals surface area contributed by atoms with Gasteiger partial charge in [-0.15, -0.1) is 0 Å². The SMILES string of the molecule is Cc1cc(C)c(/C=C2\C=CC(c3cc4ccccc4n3C(=O)CC(C)(C)c3c(C)cccc3OP(O)O)=N2)[nH]1. The molecule has 0 atom stereocenters. The molecule has 5 rings (SSSR count). The number of carbonyl (C=O) groups is 1. The molecule has 0 saturated heterocycles. The van der Waals surface area contributed by atoms with E-state index in [0.717, 1.165) is 56.1 Å².